The lowest BCUT2D eigenvalue weighted by Crippen LogP contribution is -2.70. The van der Waals surface area contributed by atoms with Gasteiger partial charge in [-0.05, 0) is 31.1 Å². The Balaban J connectivity index is 1.49. The monoisotopic (exact) mass is 415 g/mol. The predicted octanol–water partition coefficient (Wildman–Crippen LogP) is 1.76. The molecule has 0 bridgehead atoms. The normalized spacial score (nSPS) is 40.5. The minimum absolute atomic E-state index is 0.00388. The molecule has 8 heteroatoms. The fourth-order valence-electron chi connectivity index (χ4n) is 5.04. The molecule has 0 aromatic carbocycles. The molecule has 28 heavy (non-hydrogen) atoms. The Morgan fingerprint density at radius 2 is 1.93 bits per heavy atom. The second-order valence-corrected chi connectivity index (χ2v) is 9.70. The van der Waals surface area contributed by atoms with Crippen molar-refractivity contribution in [3.8, 4) is 0 Å². The van der Waals surface area contributed by atoms with Crippen molar-refractivity contribution >= 4 is 23.4 Å². The predicted molar refractivity (Wildman–Crippen MR) is 104 cm³/mol. The van der Waals surface area contributed by atoms with Gasteiger partial charge in [-0.2, -0.15) is 0 Å². The number of piperidine rings is 1. The number of carbonyl (C=O) groups excluding carboxylic acids is 2. The van der Waals surface area contributed by atoms with E-state index >= 15 is 0 Å². The Kier molecular flexibility index (Phi) is 6.14. The highest BCUT2D eigenvalue weighted by molar-refractivity contribution is 6.20. The Morgan fingerprint density at radius 1 is 1.21 bits per heavy atom. The highest BCUT2D eigenvalue weighted by Gasteiger charge is 2.50. The highest BCUT2D eigenvalue weighted by Crippen LogP contribution is 2.33. The van der Waals surface area contributed by atoms with Crippen LogP contribution in [0.4, 0.5) is 4.39 Å². The van der Waals surface area contributed by atoms with Crippen molar-refractivity contribution in [3.05, 3.63) is 0 Å². The van der Waals surface area contributed by atoms with Gasteiger partial charge in [0.15, 0.2) is 0 Å². The molecular formula is C20H31ClFN3O3. The van der Waals surface area contributed by atoms with E-state index in [1.807, 2.05) is 0 Å². The molecule has 3 saturated heterocycles. The lowest BCUT2D eigenvalue weighted by atomic mass is 9.82. The van der Waals surface area contributed by atoms with Gasteiger partial charge in [0.05, 0.1) is 13.2 Å². The number of nitrogens with zero attached hydrogens (tertiary/aromatic N) is 2. The van der Waals surface area contributed by atoms with Crippen LogP contribution in [0.2, 0.25) is 0 Å². The second-order valence-electron chi connectivity index (χ2n) is 9.08. The van der Waals surface area contributed by atoms with Crippen LogP contribution in [0.3, 0.4) is 0 Å². The number of alkyl halides is 2. The summed E-state index contributed by atoms with van der Waals surface area (Å²) < 4.78 is 19.9. The number of piperazine rings is 1. The molecule has 158 valence electrons. The molecular weight excluding hydrogens is 385 g/mol. The van der Waals surface area contributed by atoms with Crippen molar-refractivity contribution in [2.24, 2.45) is 17.8 Å². The minimum Gasteiger partial charge on any atom is -0.380 e. The Bertz CT molecular complexity index is 597. The van der Waals surface area contributed by atoms with Gasteiger partial charge < -0.3 is 14.5 Å². The number of carbonyl (C=O) groups is 2. The first-order valence-corrected chi connectivity index (χ1v) is 11.1. The van der Waals surface area contributed by atoms with Crippen LogP contribution in [0, 0.1) is 17.8 Å². The fraction of sp³-hybridized carbons (Fsp3) is 0.900. The van der Waals surface area contributed by atoms with Gasteiger partial charge in [-0.15, -0.1) is 11.6 Å². The van der Waals surface area contributed by atoms with Crippen molar-refractivity contribution in [2.45, 2.75) is 62.8 Å². The summed E-state index contributed by atoms with van der Waals surface area (Å²) in [7, 11) is 0. The molecule has 4 unspecified atom stereocenters. The van der Waals surface area contributed by atoms with Crippen LogP contribution in [-0.4, -0.2) is 78.2 Å². The van der Waals surface area contributed by atoms with Crippen LogP contribution < -0.4 is 5.32 Å². The Morgan fingerprint density at radius 3 is 2.54 bits per heavy atom. The summed E-state index contributed by atoms with van der Waals surface area (Å²) in [5, 5.41) is 2.74. The zero-order valence-electron chi connectivity index (χ0n) is 16.5. The number of hydrogen-bond donors (Lipinski definition) is 1. The first-order valence-electron chi connectivity index (χ1n) is 10.6. The molecule has 2 amide bonds. The lowest BCUT2D eigenvalue weighted by Gasteiger charge is -2.50. The quantitative estimate of drug-likeness (QED) is 0.711. The number of halogens is 2. The largest absolute Gasteiger partial charge is 0.380 e. The van der Waals surface area contributed by atoms with Crippen molar-refractivity contribution in [1.29, 1.82) is 0 Å². The summed E-state index contributed by atoms with van der Waals surface area (Å²) in [4.78, 5) is 29.6. The van der Waals surface area contributed by atoms with E-state index < -0.39 is 18.4 Å². The smallest absolute Gasteiger partial charge is 0.247 e. The van der Waals surface area contributed by atoms with Crippen molar-refractivity contribution in [2.75, 3.05) is 32.8 Å². The molecule has 0 aromatic heterocycles. The molecule has 1 saturated carbocycles. The average Bonchev–Trinajstić information content (AvgIpc) is 2.61. The zero-order valence-corrected chi connectivity index (χ0v) is 17.2. The van der Waals surface area contributed by atoms with Crippen LogP contribution >= 0.6 is 11.6 Å². The van der Waals surface area contributed by atoms with E-state index in [9.17, 15) is 14.0 Å². The van der Waals surface area contributed by atoms with E-state index in [4.69, 9.17) is 16.3 Å². The van der Waals surface area contributed by atoms with Gasteiger partial charge in [-0.1, -0.05) is 19.8 Å². The number of nitrogens with one attached hydrogen (secondary N) is 1. The number of ether oxygens (including phenoxy) is 1. The van der Waals surface area contributed by atoms with Crippen LogP contribution in [0.15, 0.2) is 0 Å². The molecule has 1 aliphatic carbocycles. The van der Waals surface area contributed by atoms with E-state index in [0.29, 0.717) is 32.2 Å². The maximum atomic E-state index is 14.6. The molecule has 0 radical (unpaired) electrons. The van der Waals surface area contributed by atoms with Crippen molar-refractivity contribution in [1.82, 2.24) is 15.1 Å². The van der Waals surface area contributed by atoms with Gasteiger partial charge in [0, 0.05) is 24.4 Å². The fourth-order valence-corrected chi connectivity index (χ4v) is 5.30. The topological polar surface area (TPSA) is 61.9 Å². The standard InChI is InChI=1S/C20H31ClFN3O3/c1-12-2-4-13(5-3-12)8-24-17(26)9-25(19-16(22)6-15(21)7-23-19)20(27)18(24)14-10-28-11-14/h12-16,18-19,23H,2-11H2,1H3. The summed E-state index contributed by atoms with van der Waals surface area (Å²) in [6, 6.07) is -0.530. The molecule has 4 atom stereocenters. The minimum atomic E-state index is -1.27. The average molecular weight is 416 g/mol. The molecule has 4 fully saturated rings. The molecule has 3 aliphatic heterocycles. The lowest BCUT2D eigenvalue weighted by molar-refractivity contribution is -0.173. The maximum Gasteiger partial charge on any atom is 0.247 e. The third-order valence-corrected chi connectivity index (χ3v) is 7.24. The van der Waals surface area contributed by atoms with Crippen LogP contribution in [-0.2, 0) is 14.3 Å². The third-order valence-electron chi connectivity index (χ3n) is 6.91. The molecule has 0 spiro atoms. The molecule has 4 rings (SSSR count). The van der Waals surface area contributed by atoms with Gasteiger partial charge in [0.1, 0.15) is 24.9 Å². The first kappa shape index (κ1) is 20.4. The summed E-state index contributed by atoms with van der Waals surface area (Å²) >= 11 is 6.04. The van der Waals surface area contributed by atoms with Gasteiger partial charge in [-0.3, -0.25) is 14.9 Å². The van der Waals surface area contributed by atoms with E-state index in [1.54, 1.807) is 4.90 Å². The summed E-state index contributed by atoms with van der Waals surface area (Å²) in [5.74, 6) is 0.971. The summed E-state index contributed by atoms with van der Waals surface area (Å²) in [6.45, 7) is 4.25. The summed E-state index contributed by atoms with van der Waals surface area (Å²) in [6.07, 6.45) is 2.72. The van der Waals surface area contributed by atoms with E-state index in [-0.39, 0.29) is 36.1 Å². The van der Waals surface area contributed by atoms with Crippen LogP contribution in [0.5, 0.6) is 0 Å². The molecule has 0 aromatic rings. The maximum absolute atomic E-state index is 14.6. The van der Waals surface area contributed by atoms with E-state index in [2.05, 4.69) is 12.2 Å². The molecule has 3 heterocycles. The zero-order chi connectivity index (χ0) is 19.8. The number of hydrogen-bond acceptors (Lipinski definition) is 4. The molecule has 4 aliphatic rings. The Hall–Kier alpha value is -0.920. The van der Waals surface area contributed by atoms with E-state index in [1.165, 1.54) is 17.7 Å². The van der Waals surface area contributed by atoms with Crippen molar-refractivity contribution < 1.29 is 18.7 Å². The third kappa shape index (κ3) is 4.03. The van der Waals surface area contributed by atoms with Crippen LogP contribution in [0.1, 0.15) is 39.0 Å². The van der Waals surface area contributed by atoms with Gasteiger partial charge >= 0.3 is 0 Å². The van der Waals surface area contributed by atoms with Crippen LogP contribution in [0.25, 0.3) is 0 Å². The SMILES string of the molecule is CC1CCC(CN2C(=O)CN(C3NCC(Cl)CC3F)C(=O)C2C2COC2)CC1. The number of rotatable bonds is 4. The molecule has 6 nitrogen and oxygen atoms in total. The van der Waals surface area contributed by atoms with E-state index in [0.717, 1.165) is 18.8 Å². The van der Waals surface area contributed by atoms with Gasteiger partial charge in [-0.25, -0.2) is 4.39 Å². The van der Waals surface area contributed by atoms with Gasteiger partial charge in [0.2, 0.25) is 11.8 Å². The van der Waals surface area contributed by atoms with Crippen molar-refractivity contribution in [3.63, 3.8) is 0 Å². The molecule has 1 N–H and O–H groups in total. The van der Waals surface area contributed by atoms with Gasteiger partial charge in [0.25, 0.3) is 0 Å². The Labute approximate surface area is 171 Å². The second kappa shape index (κ2) is 8.44. The highest BCUT2D eigenvalue weighted by atomic mass is 35.5. The summed E-state index contributed by atoms with van der Waals surface area (Å²) in [5.41, 5.74) is 0. The first-order chi connectivity index (χ1) is 13.4. The number of amides is 2.